The van der Waals surface area contributed by atoms with E-state index in [1.165, 1.54) is 87.4 Å². The van der Waals surface area contributed by atoms with Crippen LogP contribution >= 0.6 is 0 Å². The zero-order chi connectivity index (χ0) is 33.9. The van der Waals surface area contributed by atoms with Crippen LogP contribution in [0.15, 0.2) is 158 Å². The van der Waals surface area contributed by atoms with E-state index < -0.39 is 8.07 Å². The van der Waals surface area contributed by atoms with Gasteiger partial charge in [-0.25, -0.2) is 0 Å². The summed E-state index contributed by atoms with van der Waals surface area (Å²) < 4.78 is 0. The fraction of sp³-hybridized carbons (Fsp3) is 0.184. The van der Waals surface area contributed by atoms with Crippen LogP contribution in [0.4, 0.5) is 0 Å². The Morgan fingerprint density at radius 3 is 1.22 bits per heavy atom. The first-order valence-electron chi connectivity index (χ1n) is 18.6. The molecule has 0 spiro atoms. The molecule has 0 atom stereocenters. The first-order valence-corrected chi connectivity index (χ1v) is 21.3. The normalized spacial score (nSPS) is 13.9. The minimum atomic E-state index is -2.32. The Morgan fingerprint density at radius 2 is 0.780 bits per heavy atom. The highest BCUT2D eigenvalue weighted by Gasteiger charge is 2.45. The molecule has 50 heavy (non-hydrogen) atoms. The molecule has 0 unspecified atom stereocenters. The number of hydrogen-bond donors (Lipinski definition) is 0. The maximum Gasteiger partial charge on any atom is 0.117 e. The van der Waals surface area contributed by atoms with E-state index in [4.69, 9.17) is 0 Å². The average Bonchev–Trinajstić information content (AvgIpc) is 3.78. The summed E-state index contributed by atoms with van der Waals surface area (Å²) in [5.41, 5.74) is 16.9. The molecule has 0 aromatic heterocycles. The monoisotopic (exact) mass is 662 g/mol. The van der Waals surface area contributed by atoms with E-state index in [0.717, 1.165) is 12.8 Å². The predicted molar refractivity (Wildman–Crippen MR) is 218 cm³/mol. The zero-order valence-corrected chi connectivity index (χ0v) is 30.5. The van der Waals surface area contributed by atoms with Gasteiger partial charge in [-0.2, -0.15) is 0 Å². The van der Waals surface area contributed by atoms with Gasteiger partial charge < -0.3 is 0 Å². The third-order valence-corrected chi connectivity index (χ3v) is 15.9. The van der Waals surface area contributed by atoms with Crippen molar-refractivity contribution in [2.24, 2.45) is 0 Å². The van der Waals surface area contributed by atoms with E-state index in [0.29, 0.717) is 0 Å². The summed E-state index contributed by atoms with van der Waals surface area (Å²) in [5, 5.41) is 3.34. The molecule has 0 heterocycles. The lowest BCUT2D eigenvalue weighted by Gasteiger charge is -2.35. The van der Waals surface area contributed by atoms with Gasteiger partial charge in [-0.15, -0.1) is 0 Å². The van der Waals surface area contributed by atoms with Crippen molar-refractivity contribution in [3.63, 3.8) is 0 Å². The largest absolute Gasteiger partial charge is 0.117 e. The van der Waals surface area contributed by atoms with Crippen molar-refractivity contribution in [1.82, 2.24) is 0 Å². The molecule has 6 aromatic rings. The molecule has 0 fully saturated rings. The molecule has 8 rings (SSSR count). The van der Waals surface area contributed by atoms with Gasteiger partial charge in [-0.05, 0) is 96.1 Å². The van der Waals surface area contributed by atoms with Crippen LogP contribution in [-0.2, 0) is 12.8 Å². The molecule has 0 aliphatic heterocycles. The Kier molecular flexibility index (Phi) is 9.09. The predicted octanol–water partition coefficient (Wildman–Crippen LogP) is 13.4. The first kappa shape index (κ1) is 32.2. The highest BCUT2D eigenvalue weighted by molar-refractivity contribution is 7.11. The summed E-state index contributed by atoms with van der Waals surface area (Å²) in [6.07, 6.45) is 7.14. The van der Waals surface area contributed by atoms with E-state index in [9.17, 15) is 0 Å². The molecule has 0 saturated heterocycles. The lowest BCUT2D eigenvalue weighted by Crippen LogP contribution is -2.35. The molecule has 246 valence electrons. The second kappa shape index (κ2) is 14.1. The molecular weight excluding hydrogens is 617 g/mol. The van der Waals surface area contributed by atoms with Crippen molar-refractivity contribution in [1.29, 1.82) is 0 Å². The number of fused-ring (bicyclic) bond motifs is 2. The van der Waals surface area contributed by atoms with Crippen molar-refractivity contribution >= 4 is 29.6 Å². The standard InChI is InChI=1S/C49H46Si/c1-3-4-5-16-33-50(2,48-44-23-14-12-21-42(44)34-46(48)40-29-25-38(26-30-40)36-17-8-6-9-18-36)49-45-24-15-13-22-43(45)35-47(49)41-31-27-39(28-32-41)37-19-10-7-11-20-37/h6-15,17-32H,3-5,16,33-35H2,1-2H3. The van der Waals surface area contributed by atoms with Crippen LogP contribution in [0.2, 0.25) is 12.6 Å². The summed E-state index contributed by atoms with van der Waals surface area (Å²) in [6, 6.07) is 60.4. The summed E-state index contributed by atoms with van der Waals surface area (Å²) in [6.45, 7) is 5.06. The fourth-order valence-corrected chi connectivity index (χ4v) is 13.9. The molecule has 1 heteroatoms. The smallest absolute Gasteiger partial charge is 0.0654 e. The van der Waals surface area contributed by atoms with E-state index in [2.05, 4.69) is 171 Å². The van der Waals surface area contributed by atoms with E-state index >= 15 is 0 Å². The molecule has 0 radical (unpaired) electrons. The summed E-state index contributed by atoms with van der Waals surface area (Å²) in [4.78, 5) is 0. The van der Waals surface area contributed by atoms with Crippen molar-refractivity contribution in [2.75, 3.05) is 0 Å². The number of unbranched alkanes of at least 4 members (excludes halogenated alkanes) is 3. The van der Waals surface area contributed by atoms with E-state index in [1.54, 1.807) is 21.5 Å². The minimum Gasteiger partial charge on any atom is -0.0654 e. The Labute approximate surface area is 299 Å². The molecule has 2 aliphatic carbocycles. The van der Waals surface area contributed by atoms with Crippen LogP contribution in [0.5, 0.6) is 0 Å². The number of benzene rings is 6. The maximum absolute atomic E-state index is 2.73. The van der Waals surface area contributed by atoms with Crippen molar-refractivity contribution in [3.8, 4) is 22.3 Å². The summed E-state index contributed by atoms with van der Waals surface area (Å²) in [5.74, 6) is 0. The topological polar surface area (TPSA) is 0 Å². The van der Waals surface area contributed by atoms with Gasteiger partial charge in [0.05, 0.1) is 0 Å². The molecule has 0 nitrogen and oxygen atoms in total. The van der Waals surface area contributed by atoms with Crippen LogP contribution in [0.3, 0.4) is 0 Å². The Morgan fingerprint density at radius 1 is 0.400 bits per heavy atom. The van der Waals surface area contributed by atoms with Gasteiger partial charge in [0.15, 0.2) is 0 Å². The Balaban J connectivity index is 1.32. The third kappa shape index (κ3) is 6.05. The van der Waals surface area contributed by atoms with Crippen LogP contribution in [0.25, 0.3) is 43.8 Å². The highest BCUT2D eigenvalue weighted by Crippen LogP contribution is 2.54. The van der Waals surface area contributed by atoms with Crippen LogP contribution in [0, 0.1) is 0 Å². The summed E-state index contributed by atoms with van der Waals surface area (Å²) >= 11 is 0. The van der Waals surface area contributed by atoms with Crippen molar-refractivity contribution in [3.05, 3.63) is 191 Å². The van der Waals surface area contributed by atoms with Crippen LogP contribution in [-0.4, -0.2) is 8.07 Å². The van der Waals surface area contributed by atoms with E-state index in [1.807, 2.05) is 0 Å². The van der Waals surface area contributed by atoms with E-state index in [-0.39, 0.29) is 0 Å². The SMILES string of the molecule is CCCCCC[Si](C)(C1=C(c2ccc(-c3ccccc3)cc2)Cc2ccccc21)C1=C(c2ccc(-c3ccccc3)cc2)Cc2ccccc21. The minimum absolute atomic E-state index is 1.00. The van der Waals surface area contributed by atoms with Gasteiger partial charge in [0, 0.05) is 0 Å². The second-order valence-corrected chi connectivity index (χ2v) is 18.6. The molecule has 0 bridgehead atoms. The third-order valence-electron chi connectivity index (χ3n) is 11.2. The average molecular weight is 663 g/mol. The number of hydrogen-bond acceptors (Lipinski definition) is 0. The van der Waals surface area contributed by atoms with Crippen LogP contribution < -0.4 is 0 Å². The molecule has 0 amide bonds. The fourth-order valence-electron chi connectivity index (χ4n) is 8.74. The second-order valence-electron chi connectivity index (χ2n) is 14.4. The van der Waals surface area contributed by atoms with Gasteiger partial charge in [0.25, 0.3) is 0 Å². The van der Waals surface area contributed by atoms with Crippen LogP contribution in [0.1, 0.15) is 66.0 Å². The van der Waals surface area contributed by atoms with Crippen molar-refractivity contribution in [2.45, 2.75) is 58.0 Å². The van der Waals surface area contributed by atoms with Crippen molar-refractivity contribution < 1.29 is 0 Å². The number of rotatable bonds is 11. The maximum atomic E-state index is 2.73. The Bertz CT molecular complexity index is 2020. The number of allylic oxidation sites excluding steroid dienone is 2. The van der Waals surface area contributed by atoms with Gasteiger partial charge in [0.2, 0.25) is 0 Å². The van der Waals surface area contributed by atoms with Gasteiger partial charge >= 0.3 is 0 Å². The first-order chi connectivity index (χ1) is 24.6. The molecule has 0 N–H and O–H groups in total. The quantitative estimate of drug-likeness (QED) is 0.0957. The molecular formula is C49H46Si. The lowest BCUT2D eigenvalue weighted by atomic mass is 9.99. The molecule has 6 aromatic carbocycles. The summed E-state index contributed by atoms with van der Waals surface area (Å²) in [7, 11) is -2.32. The van der Waals surface area contributed by atoms with Gasteiger partial charge in [-0.1, -0.05) is 197 Å². The van der Waals surface area contributed by atoms with Gasteiger partial charge in [-0.3, -0.25) is 0 Å². The Hall–Kier alpha value is -4.98. The highest BCUT2D eigenvalue weighted by atomic mass is 28.3. The molecule has 2 aliphatic rings. The molecule has 0 saturated carbocycles. The zero-order valence-electron chi connectivity index (χ0n) is 29.5. The van der Waals surface area contributed by atoms with Gasteiger partial charge in [0.1, 0.15) is 8.07 Å². The lowest BCUT2D eigenvalue weighted by molar-refractivity contribution is 0.698.